The summed E-state index contributed by atoms with van der Waals surface area (Å²) in [5.74, 6) is 0.678. The largest absolute Gasteiger partial charge is 0.315 e. The summed E-state index contributed by atoms with van der Waals surface area (Å²) >= 11 is 0. The zero-order valence-electron chi connectivity index (χ0n) is 9.73. The average molecular weight is 220 g/mol. The maximum absolute atomic E-state index is 4.37. The average Bonchev–Trinajstić information content (AvgIpc) is 3.01. The van der Waals surface area contributed by atoms with Gasteiger partial charge in [-0.3, -0.25) is 0 Å². The second kappa shape index (κ2) is 4.53. The smallest absolute Gasteiger partial charge is 0.0858 e. The molecule has 0 amide bonds. The van der Waals surface area contributed by atoms with Gasteiger partial charge in [0.2, 0.25) is 0 Å². The summed E-state index contributed by atoms with van der Waals surface area (Å²) < 4.78 is 2.07. The molecule has 1 aromatic rings. The molecule has 0 bridgehead atoms. The highest BCUT2D eigenvalue weighted by atomic mass is 15.4. The Labute approximate surface area is 96.4 Å². The molecule has 3 rings (SSSR count). The van der Waals surface area contributed by atoms with Crippen LogP contribution in [0.1, 0.15) is 56.2 Å². The van der Waals surface area contributed by atoms with Crippen molar-refractivity contribution in [2.75, 3.05) is 13.1 Å². The van der Waals surface area contributed by atoms with E-state index >= 15 is 0 Å². The highest BCUT2D eigenvalue weighted by Gasteiger charge is 2.22. The Morgan fingerprint density at radius 1 is 1.19 bits per heavy atom. The van der Waals surface area contributed by atoms with Crippen molar-refractivity contribution in [3.8, 4) is 0 Å². The Hall–Kier alpha value is -0.900. The third kappa shape index (κ3) is 1.98. The topological polar surface area (TPSA) is 42.7 Å². The Morgan fingerprint density at radius 2 is 2.06 bits per heavy atom. The van der Waals surface area contributed by atoms with Gasteiger partial charge in [0, 0.05) is 18.7 Å². The second-order valence-corrected chi connectivity index (χ2v) is 5.10. The molecule has 2 aliphatic rings. The number of hydrogen-bond donors (Lipinski definition) is 1. The Balaban J connectivity index is 1.71. The fourth-order valence-corrected chi connectivity index (χ4v) is 2.92. The van der Waals surface area contributed by atoms with Gasteiger partial charge < -0.3 is 5.32 Å². The van der Waals surface area contributed by atoms with Crippen LogP contribution in [0.25, 0.3) is 0 Å². The summed E-state index contributed by atoms with van der Waals surface area (Å²) in [6.45, 7) is 2.16. The molecule has 0 aromatic carbocycles. The van der Waals surface area contributed by atoms with E-state index in [9.17, 15) is 0 Å². The minimum absolute atomic E-state index is 0.532. The van der Waals surface area contributed by atoms with Crippen molar-refractivity contribution < 1.29 is 0 Å². The van der Waals surface area contributed by atoms with E-state index in [4.69, 9.17) is 0 Å². The van der Waals surface area contributed by atoms with Crippen LogP contribution in [0.15, 0.2) is 6.20 Å². The lowest BCUT2D eigenvalue weighted by Crippen LogP contribution is -2.13. The van der Waals surface area contributed by atoms with Gasteiger partial charge in [-0.15, -0.1) is 5.10 Å². The van der Waals surface area contributed by atoms with E-state index in [2.05, 4.69) is 26.5 Å². The van der Waals surface area contributed by atoms with Gasteiger partial charge in [0.15, 0.2) is 0 Å². The molecular formula is C12H20N4. The number of nitrogens with zero attached hydrogens (tertiary/aromatic N) is 3. The van der Waals surface area contributed by atoms with Crippen LogP contribution in [0.3, 0.4) is 0 Å². The first kappa shape index (κ1) is 10.3. The predicted octanol–water partition coefficient (Wildman–Crippen LogP) is 1.86. The van der Waals surface area contributed by atoms with Gasteiger partial charge in [-0.1, -0.05) is 24.5 Å². The number of rotatable bonds is 2. The Morgan fingerprint density at radius 3 is 2.81 bits per heavy atom. The molecule has 0 radical (unpaired) electrons. The molecule has 1 unspecified atom stereocenters. The molecule has 4 nitrogen and oxygen atoms in total. The number of hydrogen-bond acceptors (Lipinski definition) is 3. The molecule has 1 aromatic heterocycles. The number of aromatic nitrogens is 3. The van der Waals surface area contributed by atoms with Crippen molar-refractivity contribution in [1.29, 1.82) is 0 Å². The first-order valence-electron chi connectivity index (χ1n) is 6.56. The van der Waals surface area contributed by atoms with Crippen LogP contribution in [0.4, 0.5) is 0 Å². The van der Waals surface area contributed by atoms with Crippen molar-refractivity contribution in [3.05, 3.63) is 11.9 Å². The minimum Gasteiger partial charge on any atom is -0.315 e. The van der Waals surface area contributed by atoms with Crippen LogP contribution in [-0.2, 0) is 0 Å². The Bertz CT molecular complexity index is 335. The van der Waals surface area contributed by atoms with Gasteiger partial charge in [-0.05, 0) is 25.8 Å². The van der Waals surface area contributed by atoms with Crippen LogP contribution in [0.2, 0.25) is 0 Å². The monoisotopic (exact) mass is 220 g/mol. The summed E-state index contributed by atoms with van der Waals surface area (Å²) in [7, 11) is 0. The SMILES string of the molecule is c1c(C2CCCCC2)nnn1C1CCNC1. The van der Waals surface area contributed by atoms with E-state index in [0.29, 0.717) is 12.0 Å². The lowest BCUT2D eigenvalue weighted by molar-refractivity contribution is 0.436. The van der Waals surface area contributed by atoms with E-state index in [1.807, 2.05) is 0 Å². The van der Waals surface area contributed by atoms with Gasteiger partial charge in [-0.25, -0.2) is 4.68 Å². The Kier molecular flexibility index (Phi) is 2.91. The molecule has 88 valence electrons. The van der Waals surface area contributed by atoms with Gasteiger partial charge in [-0.2, -0.15) is 0 Å². The van der Waals surface area contributed by atoms with Gasteiger partial charge in [0.05, 0.1) is 11.7 Å². The summed E-state index contributed by atoms with van der Waals surface area (Å²) in [6.07, 6.45) is 10.1. The molecule has 1 saturated heterocycles. The predicted molar refractivity (Wildman–Crippen MR) is 62.4 cm³/mol. The molecule has 1 saturated carbocycles. The third-order valence-corrected chi connectivity index (χ3v) is 3.96. The third-order valence-electron chi connectivity index (χ3n) is 3.96. The van der Waals surface area contributed by atoms with Gasteiger partial charge >= 0.3 is 0 Å². The molecule has 2 fully saturated rings. The number of nitrogens with one attached hydrogen (secondary N) is 1. The van der Waals surface area contributed by atoms with E-state index in [0.717, 1.165) is 13.1 Å². The molecule has 2 heterocycles. The first-order valence-corrected chi connectivity index (χ1v) is 6.56. The van der Waals surface area contributed by atoms with E-state index in [-0.39, 0.29) is 0 Å². The molecule has 4 heteroatoms. The molecule has 0 spiro atoms. The van der Waals surface area contributed by atoms with Crippen molar-refractivity contribution >= 4 is 0 Å². The zero-order valence-corrected chi connectivity index (χ0v) is 9.73. The molecule has 1 aliphatic heterocycles. The molecule has 1 atom stereocenters. The fraction of sp³-hybridized carbons (Fsp3) is 0.833. The quantitative estimate of drug-likeness (QED) is 0.827. The van der Waals surface area contributed by atoms with Crippen LogP contribution in [-0.4, -0.2) is 28.1 Å². The van der Waals surface area contributed by atoms with Crippen LogP contribution < -0.4 is 5.32 Å². The van der Waals surface area contributed by atoms with Crippen molar-refractivity contribution in [2.45, 2.75) is 50.5 Å². The lowest BCUT2D eigenvalue weighted by atomic mass is 9.87. The highest BCUT2D eigenvalue weighted by Crippen LogP contribution is 2.31. The van der Waals surface area contributed by atoms with Crippen molar-refractivity contribution in [2.24, 2.45) is 0 Å². The molecular weight excluding hydrogens is 200 g/mol. The van der Waals surface area contributed by atoms with E-state index in [1.165, 1.54) is 44.2 Å². The zero-order chi connectivity index (χ0) is 10.8. The second-order valence-electron chi connectivity index (χ2n) is 5.10. The summed E-state index contributed by atoms with van der Waals surface area (Å²) in [5.41, 5.74) is 1.23. The maximum atomic E-state index is 4.37. The van der Waals surface area contributed by atoms with Crippen molar-refractivity contribution in [3.63, 3.8) is 0 Å². The first-order chi connectivity index (χ1) is 7.93. The molecule has 16 heavy (non-hydrogen) atoms. The van der Waals surface area contributed by atoms with Crippen LogP contribution in [0, 0.1) is 0 Å². The van der Waals surface area contributed by atoms with Crippen LogP contribution >= 0.6 is 0 Å². The van der Waals surface area contributed by atoms with Crippen molar-refractivity contribution in [1.82, 2.24) is 20.3 Å². The van der Waals surface area contributed by atoms with Gasteiger partial charge in [0.1, 0.15) is 0 Å². The standard InChI is InChI=1S/C12H20N4/c1-2-4-10(5-3-1)12-9-16(15-14-12)11-6-7-13-8-11/h9-11,13H,1-8H2. The van der Waals surface area contributed by atoms with Gasteiger partial charge in [0.25, 0.3) is 0 Å². The van der Waals surface area contributed by atoms with Crippen LogP contribution in [0.5, 0.6) is 0 Å². The van der Waals surface area contributed by atoms with E-state index in [1.54, 1.807) is 0 Å². The summed E-state index contributed by atoms with van der Waals surface area (Å²) in [6, 6.07) is 0.532. The minimum atomic E-state index is 0.532. The normalized spacial score (nSPS) is 27.4. The fourth-order valence-electron chi connectivity index (χ4n) is 2.92. The summed E-state index contributed by atoms with van der Waals surface area (Å²) in [4.78, 5) is 0. The van der Waals surface area contributed by atoms with E-state index < -0.39 is 0 Å². The molecule has 1 N–H and O–H groups in total. The molecule has 1 aliphatic carbocycles. The lowest BCUT2D eigenvalue weighted by Gasteiger charge is -2.18. The summed E-state index contributed by atoms with van der Waals surface area (Å²) in [5, 5.41) is 12.0. The maximum Gasteiger partial charge on any atom is 0.0858 e. The highest BCUT2D eigenvalue weighted by molar-refractivity contribution is 5.03.